The predicted octanol–water partition coefficient (Wildman–Crippen LogP) is 3.69. The molecule has 0 aliphatic carbocycles. The summed E-state index contributed by atoms with van der Waals surface area (Å²) >= 11 is 0. The molecule has 0 bridgehead atoms. The summed E-state index contributed by atoms with van der Waals surface area (Å²) in [6.07, 6.45) is 1.12. The van der Waals surface area contributed by atoms with E-state index in [-0.39, 0.29) is 0 Å². The Balaban J connectivity index is 2.15. The van der Waals surface area contributed by atoms with Gasteiger partial charge in [-0.3, -0.25) is 0 Å². The van der Waals surface area contributed by atoms with Crippen LogP contribution in [0.2, 0.25) is 0 Å². The number of pyridine rings is 1. The van der Waals surface area contributed by atoms with Crippen LogP contribution in [0.1, 0.15) is 24.6 Å². The molecule has 0 atom stereocenters. The van der Waals surface area contributed by atoms with Gasteiger partial charge in [0.05, 0.1) is 7.11 Å². The second-order valence-corrected chi connectivity index (χ2v) is 4.88. The Morgan fingerprint density at radius 2 is 1.90 bits per heavy atom. The molecule has 0 unspecified atom stereocenters. The Labute approximate surface area is 126 Å². The van der Waals surface area contributed by atoms with E-state index < -0.39 is 0 Å². The second-order valence-electron chi connectivity index (χ2n) is 4.88. The third-order valence-corrected chi connectivity index (χ3v) is 3.03. The Bertz CT molecular complexity index is 585. The molecule has 0 spiro atoms. The minimum atomic E-state index is 0.591. The molecule has 4 nitrogen and oxygen atoms in total. The first-order valence-electron chi connectivity index (χ1n) is 7.22. The molecule has 1 N–H and O–H groups in total. The molecule has 0 aliphatic heterocycles. The van der Waals surface area contributed by atoms with Crippen molar-refractivity contribution in [3.63, 3.8) is 0 Å². The minimum absolute atomic E-state index is 0.591. The van der Waals surface area contributed by atoms with Gasteiger partial charge in [-0.1, -0.05) is 19.1 Å². The molecular formula is C17H22N2O2. The number of nitrogens with one attached hydrogen (secondary N) is 1. The van der Waals surface area contributed by atoms with Crippen molar-refractivity contribution in [1.29, 1.82) is 0 Å². The number of hydrogen-bond acceptors (Lipinski definition) is 4. The first-order valence-corrected chi connectivity index (χ1v) is 7.22. The van der Waals surface area contributed by atoms with E-state index in [4.69, 9.17) is 9.47 Å². The predicted molar refractivity (Wildman–Crippen MR) is 84.0 cm³/mol. The number of methoxy groups -OCH3 is 1. The fraction of sp³-hybridized carbons (Fsp3) is 0.353. The van der Waals surface area contributed by atoms with Gasteiger partial charge in [-0.2, -0.15) is 0 Å². The Hall–Kier alpha value is -2.07. The Morgan fingerprint density at radius 3 is 2.62 bits per heavy atom. The molecule has 1 heterocycles. The molecule has 0 fully saturated rings. The van der Waals surface area contributed by atoms with E-state index in [0.717, 1.165) is 25.2 Å². The van der Waals surface area contributed by atoms with Crippen LogP contribution in [-0.4, -0.2) is 18.6 Å². The summed E-state index contributed by atoms with van der Waals surface area (Å²) in [7, 11) is 1.63. The van der Waals surface area contributed by atoms with Gasteiger partial charge in [0.25, 0.3) is 0 Å². The zero-order chi connectivity index (χ0) is 15.1. The molecule has 112 valence electrons. The van der Waals surface area contributed by atoms with Gasteiger partial charge in [-0.25, -0.2) is 4.98 Å². The summed E-state index contributed by atoms with van der Waals surface area (Å²) in [4.78, 5) is 4.43. The summed E-state index contributed by atoms with van der Waals surface area (Å²) < 4.78 is 11.2. The number of ether oxygens (including phenoxy) is 2. The van der Waals surface area contributed by atoms with Crippen LogP contribution >= 0.6 is 0 Å². The van der Waals surface area contributed by atoms with Crippen molar-refractivity contribution in [2.24, 2.45) is 0 Å². The van der Waals surface area contributed by atoms with Crippen LogP contribution in [-0.2, 0) is 6.54 Å². The monoisotopic (exact) mass is 286 g/mol. The average Bonchev–Trinajstić information content (AvgIpc) is 2.47. The third kappa shape index (κ3) is 4.46. The van der Waals surface area contributed by atoms with Gasteiger partial charge in [0.1, 0.15) is 0 Å². The van der Waals surface area contributed by atoms with Crippen LogP contribution in [0.3, 0.4) is 0 Å². The topological polar surface area (TPSA) is 43.4 Å². The largest absolute Gasteiger partial charge is 0.493 e. The summed E-state index contributed by atoms with van der Waals surface area (Å²) in [5.41, 5.74) is 2.11. The summed E-state index contributed by atoms with van der Waals surface area (Å²) in [6.45, 7) is 5.95. The normalized spacial score (nSPS) is 10.4. The maximum absolute atomic E-state index is 5.86. The van der Waals surface area contributed by atoms with Crippen molar-refractivity contribution in [2.45, 2.75) is 26.8 Å². The quantitative estimate of drug-likeness (QED) is 0.788. The van der Waals surface area contributed by atoms with Crippen molar-refractivity contribution in [1.82, 2.24) is 10.3 Å². The van der Waals surface area contributed by atoms with Gasteiger partial charge < -0.3 is 14.8 Å². The molecule has 2 rings (SSSR count). The van der Waals surface area contributed by atoms with E-state index in [1.165, 1.54) is 5.56 Å². The van der Waals surface area contributed by atoms with Gasteiger partial charge in [0.2, 0.25) is 5.88 Å². The SMILES string of the molecule is CCCNCc1cc(C)nc(Oc2ccccc2OC)c1. The molecule has 1 aromatic heterocycles. The van der Waals surface area contributed by atoms with E-state index in [2.05, 4.69) is 23.3 Å². The van der Waals surface area contributed by atoms with Crippen molar-refractivity contribution < 1.29 is 9.47 Å². The molecule has 0 saturated carbocycles. The first-order chi connectivity index (χ1) is 10.2. The fourth-order valence-electron chi connectivity index (χ4n) is 2.09. The highest BCUT2D eigenvalue weighted by Gasteiger charge is 2.07. The Morgan fingerprint density at radius 1 is 1.14 bits per heavy atom. The smallest absolute Gasteiger partial charge is 0.219 e. The highest BCUT2D eigenvalue weighted by molar-refractivity contribution is 5.42. The zero-order valence-electron chi connectivity index (χ0n) is 12.8. The lowest BCUT2D eigenvalue weighted by atomic mass is 10.2. The van der Waals surface area contributed by atoms with Gasteiger partial charge in [0, 0.05) is 18.3 Å². The highest BCUT2D eigenvalue weighted by Crippen LogP contribution is 2.30. The third-order valence-electron chi connectivity index (χ3n) is 3.03. The lowest BCUT2D eigenvalue weighted by Crippen LogP contribution is -2.14. The van der Waals surface area contributed by atoms with Crippen molar-refractivity contribution in [3.05, 3.63) is 47.7 Å². The zero-order valence-corrected chi connectivity index (χ0v) is 12.8. The Kier molecular flexibility index (Phi) is 5.58. The molecule has 0 saturated heterocycles. The maximum Gasteiger partial charge on any atom is 0.219 e. The van der Waals surface area contributed by atoms with Crippen LogP contribution in [0.15, 0.2) is 36.4 Å². The first kappa shape index (κ1) is 15.3. The number of benzene rings is 1. The molecule has 0 radical (unpaired) electrons. The van der Waals surface area contributed by atoms with Crippen molar-refractivity contribution in [3.8, 4) is 17.4 Å². The van der Waals surface area contributed by atoms with E-state index in [1.807, 2.05) is 37.3 Å². The van der Waals surface area contributed by atoms with E-state index >= 15 is 0 Å². The summed E-state index contributed by atoms with van der Waals surface area (Å²) in [5.74, 6) is 1.96. The van der Waals surface area contributed by atoms with Crippen molar-refractivity contribution in [2.75, 3.05) is 13.7 Å². The van der Waals surface area contributed by atoms with Gasteiger partial charge in [-0.15, -0.1) is 0 Å². The lowest BCUT2D eigenvalue weighted by Gasteiger charge is -2.11. The summed E-state index contributed by atoms with van der Waals surface area (Å²) in [5, 5.41) is 3.38. The molecule has 0 amide bonds. The van der Waals surface area contributed by atoms with Crippen LogP contribution in [0.4, 0.5) is 0 Å². The molecule has 1 aromatic carbocycles. The molecule has 0 aliphatic rings. The molecule has 4 heteroatoms. The van der Waals surface area contributed by atoms with Crippen LogP contribution in [0.5, 0.6) is 17.4 Å². The van der Waals surface area contributed by atoms with Gasteiger partial charge in [-0.05, 0) is 43.7 Å². The number of hydrogen-bond donors (Lipinski definition) is 1. The highest BCUT2D eigenvalue weighted by atomic mass is 16.5. The summed E-state index contributed by atoms with van der Waals surface area (Å²) in [6, 6.07) is 11.6. The number of aromatic nitrogens is 1. The van der Waals surface area contributed by atoms with Crippen LogP contribution < -0.4 is 14.8 Å². The number of para-hydroxylation sites is 2. The van der Waals surface area contributed by atoms with E-state index in [0.29, 0.717) is 17.4 Å². The maximum atomic E-state index is 5.86. The average molecular weight is 286 g/mol. The van der Waals surface area contributed by atoms with Crippen LogP contribution in [0.25, 0.3) is 0 Å². The molecule has 21 heavy (non-hydrogen) atoms. The lowest BCUT2D eigenvalue weighted by molar-refractivity contribution is 0.373. The fourth-order valence-corrected chi connectivity index (χ4v) is 2.09. The van der Waals surface area contributed by atoms with Crippen LogP contribution in [0, 0.1) is 6.92 Å². The van der Waals surface area contributed by atoms with Crippen molar-refractivity contribution >= 4 is 0 Å². The van der Waals surface area contributed by atoms with E-state index in [1.54, 1.807) is 7.11 Å². The van der Waals surface area contributed by atoms with Gasteiger partial charge in [0.15, 0.2) is 11.5 Å². The van der Waals surface area contributed by atoms with E-state index in [9.17, 15) is 0 Å². The number of rotatable bonds is 7. The molecular weight excluding hydrogens is 264 g/mol. The number of nitrogens with zero attached hydrogens (tertiary/aromatic N) is 1. The standard InChI is InChI=1S/C17H22N2O2/c1-4-9-18-12-14-10-13(2)19-17(11-14)21-16-8-6-5-7-15(16)20-3/h5-8,10-11,18H,4,9,12H2,1-3H3. The number of aryl methyl sites for hydroxylation is 1. The molecule has 2 aromatic rings. The van der Waals surface area contributed by atoms with Gasteiger partial charge >= 0.3 is 0 Å². The second kappa shape index (κ2) is 7.64. The minimum Gasteiger partial charge on any atom is -0.493 e.